The van der Waals surface area contributed by atoms with Crippen LogP contribution < -0.4 is 5.73 Å². The number of benzene rings is 1. The van der Waals surface area contributed by atoms with Crippen LogP contribution in [0, 0.1) is 0 Å². The van der Waals surface area contributed by atoms with Gasteiger partial charge in [-0.05, 0) is 28.1 Å². The third-order valence-electron chi connectivity index (χ3n) is 2.28. The van der Waals surface area contributed by atoms with E-state index in [-0.39, 0.29) is 5.25 Å². The van der Waals surface area contributed by atoms with Crippen LogP contribution in [-0.4, -0.2) is 26.8 Å². The highest BCUT2D eigenvalue weighted by Crippen LogP contribution is 2.32. The van der Waals surface area contributed by atoms with E-state index in [4.69, 9.17) is 17.3 Å². The molecule has 0 spiro atoms. The van der Waals surface area contributed by atoms with Crippen molar-refractivity contribution in [2.45, 2.75) is 10.4 Å². The van der Waals surface area contributed by atoms with Crippen molar-refractivity contribution in [3.05, 3.63) is 34.9 Å². The minimum atomic E-state index is 0.122. The maximum Gasteiger partial charge on any atom is 0.209 e. The van der Waals surface area contributed by atoms with E-state index in [0.717, 1.165) is 15.7 Å². The van der Waals surface area contributed by atoms with Crippen LogP contribution >= 0.6 is 23.4 Å². The van der Waals surface area contributed by atoms with Crippen LogP contribution in [0.5, 0.6) is 0 Å². The number of tetrazole rings is 1. The predicted molar refractivity (Wildman–Crippen MR) is 67.9 cm³/mol. The first kappa shape index (κ1) is 12.3. The molecule has 5 nitrogen and oxygen atoms in total. The lowest BCUT2D eigenvalue weighted by atomic mass is 10.1. The Morgan fingerprint density at radius 2 is 2.12 bits per heavy atom. The fraction of sp³-hybridized carbons (Fsp3) is 0.300. The maximum absolute atomic E-state index is 5.85. The molecule has 90 valence electrons. The Morgan fingerprint density at radius 1 is 1.41 bits per heavy atom. The van der Waals surface area contributed by atoms with Crippen molar-refractivity contribution >= 4 is 23.4 Å². The zero-order chi connectivity index (χ0) is 12.3. The summed E-state index contributed by atoms with van der Waals surface area (Å²) in [6.07, 6.45) is 0. The lowest BCUT2D eigenvalue weighted by Crippen LogP contribution is -2.10. The van der Waals surface area contributed by atoms with Crippen LogP contribution in [0.1, 0.15) is 10.8 Å². The zero-order valence-corrected chi connectivity index (χ0v) is 10.8. The smallest absolute Gasteiger partial charge is 0.209 e. The first-order valence-corrected chi connectivity index (χ1v) is 6.31. The van der Waals surface area contributed by atoms with Crippen molar-refractivity contribution < 1.29 is 0 Å². The lowest BCUT2D eigenvalue weighted by Gasteiger charge is -2.13. The molecule has 0 bridgehead atoms. The minimum absolute atomic E-state index is 0.122. The Morgan fingerprint density at radius 3 is 2.65 bits per heavy atom. The van der Waals surface area contributed by atoms with Gasteiger partial charge in [-0.2, -0.15) is 0 Å². The van der Waals surface area contributed by atoms with Crippen LogP contribution in [0.25, 0.3) is 0 Å². The molecule has 0 aliphatic carbocycles. The molecule has 0 fully saturated rings. The Balaban J connectivity index is 2.17. The van der Waals surface area contributed by atoms with Crippen LogP contribution in [-0.2, 0) is 7.05 Å². The Labute approximate surface area is 108 Å². The molecule has 7 heteroatoms. The van der Waals surface area contributed by atoms with Crippen molar-refractivity contribution in [1.82, 2.24) is 20.2 Å². The number of hydrogen-bond acceptors (Lipinski definition) is 5. The summed E-state index contributed by atoms with van der Waals surface area (Å²) in [6.45, 7) is 0.513. The average molecular weight is 270 g/mol. The number of rotatable bonds is 4. The Kier molecular flexibility index (Phi) is 3.98. The van der Waals surface area contributed by atoms with Gasteiger partial charge in [0.2, 0.25) is 5.16 Å². The number of hydrogen-bond donors (Lipinski definition) is 1. The molecule has 2 rings (SSSR count). The van der Waals surface area contributed by atoms with Crippen LogP contribution in [0.4, 0.5) is 0 Å². The first-order valence-electron chi connectivity index (χ1n) is 5.05. The summed E-state index contributed by atoms with van der Waals surface area (Å²) >= 11 is 7.39. The van der Waals surface area contributed by atoms with Gasteiger partial charge >= 0.3 is 0 Å². The molecule has 1 atom stereocenters. The maximum atomic E-state index is 5.85. The van der Waals surface area contributed by atoms with Crippen molar-refractivity contribution in [2.75, 3.05) is 6.54 Å². The van der Waals surface area contributed by atoms with Crippen LogP contribution in [0.2, 0.25) is 5.02 Å². The van der Waals surface area contributed by atoms with Gasteiger partial charge in [-0.3, -0.25) is 0 Å². The van der Waals surface area contributed by atoms with Crippen molar-refractivity contribution in [3.8, 4) is 0 Å². The molecule has 1 unspecified atom stereocenters. The van der Waals surface area contributed by atoms with Gasteiger partial charge in [0.25, 0.3) is 0 Å². The molecule has 2 aromatic rings. The van der Waals surface area contributed by atoms with E-state index in [1.165, 1.54) is 11.8 Å². The van der Waals surface area contributed by atoms with Gasteiger partial charge in [0.05, 0.1) is 0 Å². The van der Waals surface area contributed by atoms with Gasteiger partial charge in [-0.25, -0.2) is 4.68 Å². The zero-order valence-electron chi connectivity index (χ0n) is 9.25. The summed E-state index contributed by atoms with van der Waals surface area (Å²) in [4.78, 5) is 0. The van der Waals surface area contributed by atoms with Gasteiger partial charge in [0.1, 0.15) is 0 Å². The monoisotopic (exact) mass is 269 g/mol. The number of nitrogens with two attached hydrogens (primary N) is 1. The van der Waals surface area contributed by atoms with Gasteiger partial charge in [0, 0.05) is 23.9 Å². The lowest BCUT2D eigenvalue weighted by molar-refractivity contribution is 0.663. The number of aromatic nitrogens is 4. The molecule has 0 aliphatic rings. The summed E-state index contributed by atoms with van der Waals surface area (Å²) < 4.78 is 1.63. The molecule has 0 amide bonds. The third kappa shape index (κ3) is 2.96. The largest absolute Gasteiger partial charge is 0.329 e. The van der Waals surface area contributed by atoms with Crippen LogP contribution in [0.15, 0.2) is 29.4 Å². The highest BCUT2D eigenvalue weighted by Gasteiger charge is 2.15. The molecule has 0 aliphatic heterocycles. The fourth-order valence-corrected chi connectivity index (χ4v) is 2.42. The molecular formula is C10H12ClN5S. The Bertz CT molecular complexity index is 484. The molecule has 1 aromatic heterocycles. The number of aryl methyl sites for hydroxylation is 1. The van der Waals surface area contributed by atoms with E-state index in [1.807, 2.05) is 24.3 Å². The quantitative estimate of drug-likeness (QED) is 0.855. The molecule has 2 N–H and O–H groups in total. The van der Waals surface area contributed by atoms with Gasteiger partial charge in [-0.1, -0.05) is 35.5 Å². The summed E-state index contributed by atoms with van der Waals surface area (Å²) in [5.74, 6) is 0. The highest BCUT2D eigenvalue weighted by molar-refractivity contribution is 7.99. The number of halogens is 1. The Hall–Kier alpha value is -1.11. The molecule has 1 heterocycles. The summed E-state index contributed by atoms with van der Waals surface area (Å²) in [5, 5.41) is 12.9. The first-order chi connectivity index (χ1) is 8.20. The second-order valence-corrected chi connectivity index (χ2v) is 5.09. The molecule has 17 heavy (non-hydrogen) atoms. The second kappa shape index (κ2) is 5.48. The molecule has 0 saturated heterocycles. The van der Waals surface area contributed by atoms with E-state index >= 15 is 0 Å². The van der Waals surface area contributed by atoms with Gasteiger partial charge in [-0.15, -0.1) is 5.10 Å². The predicted octanol–water partition coefficient (Wildman–Crippen LogP) is 1.66. The normalized spacial score (nSPS) is 12.6. The van der Waals surface area contributed by atoms with Crippen molar-refractivity contribution in [2.24, 2.45) is 12.8 Å². The molecule has 0 saturated carbocycles. The van der Waals surface area contributed by atoms with Crippen LogP contribution in [0.3, 0.4) is 0 Å². The van der Waals surface area contributed by atoms with E-state index in [2.05, 4.69) is 15.5 Å². The topological polar surface area (TPSA) is 69.6 Å². The second-order valence-electron chi connectivity index (χ2n) is 3.48. The summed E-state index contributed by atoms with van der Waals surface area (Å²) in [5.41, 5.74) is 6.89. The van der Waals surface area contributed by atoms with Crippen molar-refractivity contribution in [3.63, 3.8) is 0 Å². The van der Waals surface area contributed by atoms with Gasteiger partial charge in [0.15, 0.2) is 0 Å². The molecule has 1 aromatic carbocycles. The molecular weight excluding hydrogens is 258 g/mol. The van der Waals surface area contributed by atoms with Crippen molar-refractivity contribution in [1.29, 1.82) is 0 Å². The fourth-order valence-electron chi connectivity index (χ4n) is 1.38. The van der Waals surface area contributed by atoms with E-state index < -0.39 is 0 Å². The number of nitrogens with zero attached hydrogens (tertiary/aromatic N) is 4. The molecule has 0 radical (unpaired) electrons. The van der Waals surface area contributed by atoms with Gasteiger partial charge < -0.3 is 5.73 Å². The third-order valence-corrected chi connectivity index (χ3v) is 3.84. The van der Waals surface area contributed by atoms with E-state index in [0.29, 0.717) is 6.54 Å². The summed E-state index contributed by atoms with van der Waals surface area (Å²) in [6, 6.07) is 7.65. The SMILES string of the molecule is Cn1nnnc1SC(CN)c1ccc(Cl)cc1. The average Bonchev–Trinajstić information content (AvgIpc) is 2.73. The van der Waals surface area contributed by atoms with E-state index in [9.17, 15) is 0 Å². The number of thioether (sulfide) groups is 1. The highest BCUT2D eigenvalue weighted by atomic mass is 35.5. The minimum Gasteiger partial charge on any atom is -0.329 e. The van der Waals surface area contributed by atoms with E-state index in [1.54, 1.807) is 11.7 Å². The standard InChI is InChI=1S/C10H12ClN5S/c1-16-10(13-14-15-16)17-9(6-12)7-2-4-8(11)5-3-7/h2-5,9H,6,12H2,1H3. The summed E-state index contributed by atoms with van der Waals surface area (Å²) in [7, 11) is 1.80.